The van der Waals surface area contributed by atoms with Crippen LogP contribution in [0.3, 0.4) is 0 Å². The van der Waals surface area contributed by atoms with E-state index in [1.54, 1.807) is 7.05 Å². The number of carbonyl (C=O) groups is 1. The fourth-order valence-electron chi connectivity index (χ4n) is 3.09. The lowest BCUT2D eigenvalue weighted by molar-refractivity contribution is -0.120. The molecule has 152 valence electrons. The zero-order chi connectivity index (χ0) is 18.9. The number of nitrogens with zero attached hydrogens (tertiary/aromatic N) is 3. The molecule has 1 amide bonds. The fourth-order valence-corrected chi connectivity index (χ4v) is 3.36. The summed E-state index contributed by atoms with van der Waals surface area (Å²) >= 11 is 3.49. The van der Waals surface area contributed by atoms with Gasteiger partial charge in [0.15, 0.2) is 5.96 Å². The van der Waals surface area contributed by atoms with Crippen LogP contribution in [0.25, 0.3) is 0 Å². The highest BCUT2D eigenvalue weighted by molar-refractivity contribution is 14.0. The molecule has 1 fully saturated rings. The van der Waals surface area contributed by atoms with Crippen LogP contribution in [0.15, 0.2) is 33.7 Å². The number of nitrogens with one attached hydrogen (secondary N) is 2. The number of amides is 1. The molecule has 0 aromatic heterocycles. The molecule has 1 aromatic rings. The molecule has 8 heteroatoms. The third kappa shape index (κ3) is 7.57. The summed E-state index contributed by atoms with van der Waals surface area (Å²) in [4.78, 5) is 20.8. The molecule has 0 saturated carbocycles. The van der Waals surface area contributed by atoms with E-state index in [4.69, 9.17) is 0 Å². The molecule has 1 saturated heterocycles. The van der Waals surface area contributed by atoms with Crippen LogP contribution < -0.4 is 10.6 Å². The summed E-state index contributed by atoms with van der Waals surface area (Å²) in [6.07, 6.45) is 0.943. The van der Waals surface area contributed by atoms with E-state index >= 15 is 0 Å². The summed E-state index contributed by atoms with van der Waals surface area (Å²) in [5.74, 6) is 0.808. The minimum absolute atomic E-state index is 0. The minimum Gasteiger partial charge on any atom is -0.355 e. The van der Waals surface area contributed by atoms with Gasteiger partial charge in [-0.15, -0.1) is 24.0 Å². The first kappa shape index (κ1) is 24.2. The molecule has 1 aliphatic heterocycles. The maximum absolute atomic E-state index is 11.8. The Morgan fingerprint density at radius 1 is 1.19 bits per heavy atom. The normalized spacial score (nSPS) is 16.4. The van der Waals surface area contributed by atoms with Gasteiger partial charge < -0.3 is 15.5 Å². The molecule has 1 unspecified atom stereocenters. The van der Waals surface area contributed by atoms with E-state index < -0.39 is 0 Å². The Hall–Kier alpha value is -0.870. The van der Waals surface area contributed by atoms with Crippen LogP contribution in [-0.2, 0) is 4.79 Å². The van der Waals surface area contributed by atoms with Crippen molar-refractivity contribution in [1.29, 1.82) is 0 Å². The Bertz CT molecular complexity index is 603. The summed E-state index contributed by atoms with van der Waals surface area (Å²) in [6, 6.07) is 8.93. The predicted octanol–water partition coefficient (Wildman–Crippen LogP) is 2.85. The molecule has 1 aromatic carbocycles. The highest BCUT2D eigenvalue weighted by Gasteiger charge is 2.23. The largest absolute Gasteiger partial charge is 0.355 e. The lowest BCUT2D eigenvalue weighted by Gasteiger charge is -2.39. The van der Waals surface area contributed by atoms with E-state index in [1.165, 1.54) is 5.56 Å². The molecule has 1 heterocycles. The van der Waals surface area contributed by atoms with Crippen molar-refractivity contribution in [2.45, 2.75) is 26.3 Å². The highest BCUT2D eigenvalue weighted by Crippen LogP contribution is 2.23. The fraction of sp³-hybridized carbons (Fsp3) is 0.579. The van der Waals surface area contributed by atoms with Gasteiger partial charge in [-0.25, -0.2) is 0 Å². The van der Waals surface area contributed by atoms with Gasteiger partial charge in [0.25, 0.3) is 0 Å². The smallest absolute Gasteiger partial charge is 0.239 e. The molecule has 2 rings (SSSR count). The Labute approximate surface area is 188 Å². The molecule has 1 aliphatic rings. The molecule has 1 atom stereocenters. The second-order valence-electron chi connectivity index (χ2n) is 6.50. The summed E-state index contributed by atoms with van der Waals surface area (Å²) in [7, 11) is 1.77. The number of guanidine groups is 1. The number of rotatable bonds is 6. The van der Waals surface area contributed by atoms with Gasteiger partial charge in [0.05, 0.1) is 6.54 Å². The van der Waals surface area contributed by atoms with E-state index in [-0.39, 0.29) is 36.4 Å². The number of hydrogen-bond acceptors (Lipinski definition) is 3. The van der Waals surface area contributed by atoms with Crippen LogP contribution >= 0.6 is 39.9 Å². The Morgan fingerprint density at radius 3 is 2.37 bits per heavy atom. The Morgan fingerprint density at radius 2 is 1.81 bits per heavy atom. The summed E-state index contributed by atoms with van der Waals surface area (Å²) in [5, 5.41) is 6.04. The van der Waals surface area contributed by atoms with Crippen molar-refractivity contribution in [3.63, 3.8) is 0 Å². The highest BCUT2D eigenvalue weighted by atomic mass is 127. The SMILES string of the molecule is CCCNC(=O)CNC(=NC)N1CCN(C(C)c2ccc(Br)cc2)CC1.I. The van der Waals surface area contributed by atoms with Crippen LogP contribution in [-0.4, -0.2) is 68.0 Å². The van der Waals surface area contributed by atoms with Crippen molar-refractivity contribution in [3.05, 3.63) is 34.3 Å². The topological polar surface area (TPSA) is 60.0 Å². The minimum atomic E-state index is 0. The maximum Gasteiger partial charge on any atom is 0.239 e. The summed E-state index contributed by atoms with van der Waals surface area (Å²) in [5.41, 5.74) is 1.33. The van der Waals surface area contributed by atoms with E-state index in [2.05, 4.69) is 72.5 Å². The molecule has 6 nitrogen and oxygen atoms in total. The standard InChI is InChI=1S/C19H30BrN5O.HI/c1-4-9-22-18(26)14-23-19(21-3)25-12-10-24(11-13-25)15(2)16-5-7-17(20)8-6-16;/h5-8,15H,4,9-14H2,1-3H3,(H,21,23)(H,22,26);1H. The first-order valence-electron chi connectivity index (χ1n) is 9.27. The second-order valence-corrected chi connectivity index (χ2v) is 7.42. The number of benzene rings is 1. The van der Waals surface area contributed by atoms with Gasteiger partial charge in [0, 0.05) is 50.3 Å². The molecule has 0 radical (unpaired) electrons. The summed E-state index contributed by atoms with van der Waals surface area (Å²) < 4.78 is 1.11. The van der Waals surface area contributed by atoms with Gasteiger partial charge in [-0.2, -0.15) is 0 Å². The molecule has 0 aliphatic carbocycles. The lowest BCUT2D eigenvalue weighted by atomic mass is 10.1. The lowest BCUT2D eigenvalue weighted by Crippen LogP contribution is -2.54. The van der Waals surface area contributed by atoms with Gasteiger partial charge in [0.1, 0.15) is 0 Å². The third-order valence-electron chi connectivity index (χ3n) is 4.70. The predicted molar refractivity (Wildman–Crippen MR) is 126 cm³/mol. The van der Waals surface area contributed by atoms with E-state index in [9.17, 15) is 4.79 Å². The Kier molecular flexibility index (Phi) is 11.2. The van der Waals surface area contributed by atoms with Gasteiger partial charge >= 0.3 is 0 Å². The van der Waals surface area contributed by atoms with Gasteiger partial charge in [-0.3, -0.25) is 14.7 Å². The van der Waals surface area contributed by atoms with Crippen LogP contribution in [0.5, 0.6) is 0 Å². The molecule has 0 spiro atoms. The molecule has 0 bridgehead atoms. The quantitative estimate of drug-likeness (QED) is 0.324. The third-order valence-corrected chi connectivity index (χ3v) is 5.23. The van der Waals surface area contributed by atoms with Gasteiger partial charge in [-0.05, 0) is 31.0 Å². The van der Waals surface area contributed by atoms with Crippen LogP contribution in [0.1, 0.15) is 31.9 Å². The molecular weight excluding hydrogens is 521 g/mol. The number of aliphatic imine (C=N–C) groups is 1. The Balaban J connectivity index is 0.00000364. The van der Waals surface area contributed by atoms with Gasteiger partial charge in [0.2, 0.25) is 5.91 Å². The average Bonchev–Trinajstić information content (AvgIpc) is 2.67. The van der Waals surface area contributed by atoms with Crippen molar-refractivity contribution in [2.24, 2.45) is 4.99 Å². The van der Waals surface area contributed by atoms with Crippen LogP contribution in [0.2, 0.25) is 0 Å². The number of piperazine rings is 1. The van der Waals surface area contributed by atoms with E-state index in [1.807, 2.05) is 6.92 Å². The number of hydrogen-bond donors (Lipinski definition) is 2. The first-order valence-corrected chi connectivity index (χ1v) is 10.1. The van der Waals surface area contributed by atoms with Crippen LogP contribution in [0.4, 0.5) is 0 Å². The van der Waals surface area contributed by atoms with E-state index in [0.717, 1.165) is 43.0 Å². The second kappa shape index (κ2) is 12.6. The number of halogens is 2. The molecule has 2 N–H and O–H groups in total. The van der Waals surface area contributed by atoms with Crippen LogP contribution in [0, 0.1) is 0 Å². The average molecular weight is 552 g/mol. The zero-order valence-electron chi connectivity index (χ0n) is 16.4. The first-order chi connectivity index (χ1) is 12.5. The summed E-state index contributed by atoms with van der Waals surface area (Å²) in [6.45, 7) is 9.02. The van der Waals surface area contributed by atoms with E-state index in [0.29, 0.717) is 12.6 Å². The van der Waals surface area contributed by atoms with Crippen molar-refractivity contribution >= 4 is 51.8 Å². The van der Waals surface area contributed by atoms with Crippen molar-refractivity contribution in [3.8, 4) is 0 Å². The monoisotopic (exact) mass is 551 g/mol. The zero-order valence-corrected chi connectivity index (χ0v) is 20.3. The number of carbonyl (C=O) groups excluding carboxylic acids is 1. The molecular formula is C19H31BrIN5O. The van der Waals surface area contributed by atoms with Crippen molar-refractivity contribution in [1.82, 2.24) is 20.4 Å². The van der Waals surface area contributed by atoms with Gasteiger partial charge in [-0.1, -0.05) is 35.0 Å². The van der Waals surface area contributed by atoms with Crippen molar-refractivity contribution in [2.75, 3.05) is 46.3 Å². The maximum atomic E-state index is 11.8. The molecule has 27 heavy (non-hydrogen) atoms. The van der Waals surface area contributed by atoms with Crippen molar-refractivity contribution < 1.29 is 4.79 Å².